The SMILES string of the molecule is CCN(Cc1nc(C)ccc1O)c1cccc(C)c1. The first kappa shape index (κ1) is 13.4. The molecule has 1 aromatic carbocycles. The minimum absolute atomic E-state index is 0.261. The summed E-state index contributed by atoms with van der Waals surface area (Å²) in [7, 11) is 0. The minimum Gasteiger partial charge on any atom is -0.506 e. The van der Waals surface area contributed by atoms with Crippen molar-refractivity contribution in [3.63, 3.8) is 0 Å². The summed E-state index contributed by atoms with van der Waals surface area (Å²) in [5, 5.41) is 9.89. The second-order valence-electron chi connectivity index (χ2n) is 4.77. The van der Waals surface area contributed by atoms with Crippen LogP contribution in [-0.4, -0.2) is 16.6 Å². The largest absolute Gasteiger partial charge is 0.506 e. The smallest absolute Gasteiger partial charge is 0.138 e. The summed E-state index contributed by atoms with van der Waals surface area (Å²) in [6, 6.07) is 11.9. The predicted octanol–water partition coefficient (Wildman–Crippen LogP) is 3.43. The van der Waals surface area contributed by atoms with Crippen LogP contribution in [0.15, 0.2) is 36.4 Å². The Labute approximate surface area is 114 Å². The molecule has 0 aliphatic heterocycles. The Hall–Kier alpha value is -2.03. The molecule has 0 spiro atoms. The molecule has 0 saturated carbocycles. The van der Waals surface area contributed by atoms with Crippen molar-refractivity contribution in [3.8, 4) is 5.75 Å². The summed E-state index contributed by atoms with van der Waals surface area (Å²) in [5.74, 6) is 0.261. The molecule has 0 unspecified atom stereocenters. The van der Waals surface area contributed by atoms with Crippen molar-refractivity contribution in [1.29, 1.82) is 0 Å². The van der Waals surface area contributed by atoms with Gasteiger partial charge in [0.15, 0.2) is 0 Å². The van der Waals surface area contributed by atoms with Gasteiger partial charge in [0.05, 0.1) is 6.54 Å². The highest BCUT2D eigenvalue weighted by atomic mass is 16.3. The molecule has 0 atom stereocenters. The summed E-state index contributed by atoms with van der Waals surface area (Å²) in [6.45, 7) is 7.62. The maximum absolute atomic E-state index is 9.89. The molecule has 2 rings (SSSR count). The normalized spacial score (nSPS) is 10.5. The molecule has 0 fully saturated rings. The summed E-state index contributed by atoms with van der Waals surface area (Å²) in [4.78, 5) is 6.62. The third-order valence-corrected chi connectivity index (χ3v) is 3.18. The number of nitrogens with zero attached hydrogens (tertiary/aromatic N) is 2. The van der Waals surface area contributed by atoms with Crippen molar-refractivity contribution in [2.75, 3.05) is 11.4 Å². The number of hydrogen-bond donors (Lipinski definition) is 1. The van der Waals surface area contributed by atoms with E-state index in [1.54, 1.807) is 6.07 Å². The standard InChI is InChI=1S/C16H20N2O/c1-4-18(14-7-5-6-12(2)10-14)11-15-16(19)9-8-13(3)17-15/h5-10,19H,4,11H2,1-3H3. The Kier molecular flexibility index (Phi) is 4.05. The van der Waals surface area contributed by atoms with Crippen LogP contribution in [0.3, 0.4) is 0 Å². The Balaban J connectivity index is 2.26. The second-order valence-corrected chi connectivity index (χ2v) is 4.77. The van der Waals surface area contributed by atoms with Crippen LogP contribution in [0.2, 0.25) is 0 Å². The number of benzene rings is 1. The van der Waals surface area contributed by atoms with E-state index in [0.29, 0.717) is 6.54 Å². The fourth-order valence-electron chi connectivity index (χ4n) is 2.11. The first-order chi connectivity index (χ1) is 9.10. The molecule has 0 aliphatic rings. The van der Waals surface area contributed by atoms with Crippen molar-refractivity contribution in [2.24, 2.45) is 0 Å². The third kappa shape index (κ3) is 3.25. The van der Waals surface area contributed by atoms with Gasteiger partial charge in [-0.1, -0.05) is 12.1 Å². The van der Waals surface area contributed by atoms with Gasteiger partial charge in [-0.05, 0) is 50.6 Å². The van der Waals surface area contributed by atoms with Crippen LogP contribution >= 0.6 is 0 Å². The molecule has 0 bridgehead atoms. The van der Waals surface area contributed by atoms with Crippen LogP contribution in [0.4, 0.5) is 5.69 Å². The molecule has 3 heteroatoms. The van der Waals surface area contributed by atoms with Crippen molar-refractivity contribution in [3.05, 3.63) is 53.3 Å². The van der Waals surface area contributed by atoms with Gasteiger partial charge in [-0.25, -0.2) is 0 Å². The lowest BCUT2D eigenvalue weighted by atomic mass is 10.2. The number of anilines is 1. The zero-order valence-electron chi connectivity index (χ0n) is 11.7. The number of aromatic hydroxyl groups is 1. The van der Waals surface area contributed by atoms with Crippen molar-refractivity contribution in [2.45, 2.75) is 27.3 Å². The van der Waals surface area contributed by atoms with E-state index in [1.165, 1.54) is 5.56 Å². The number of aryl methyl sites for hydroxylation is 2. The van der Waals surface area contributed by atoms with E-state index in [0.717, 1.165) is 23.6 Å². The number of rotatable bonds is 4. The molecule has 3 nitrogen and oxygen atoms in total. The van der Waals surface area contributed by atoms with E-state index in [-0.39, 0.29) is 5.75 Å². The first-order valence-corrected chi connectivity index (χ1v) is 6.57. The van der Waals surface area contributed by atoms with E-state index >= 15 is 0 Å². The Morgan fingerprint density at radius 1 is 1.16 bits per heavy atom. The zero-order chi connectivity index (χ0) is 13.8. The predicted molar refractivity (Wildman–Crippen MR) is 78.5 cm³/mol. The average molecular weight is 256 g/mol. The van der Waals surface area contributed by atoms with E-state index in [2.05, 4.69) is 48.0 Å². The van der Waals surface area contributed by atoms with Crippen molar-refractivity contribution in [1.82, 2.24) is 4.98 Å². The number of aromatic nitrogens is 1. The van der Waals surface area contributed by atoms with Crippen LogP contribution in [0.25, 0.3) is 0 Å². The van der Waals surface area contributed by atoms with Gasteiger partial charge in [0.25, 0.3) is 0 Å². The maximum atomic E-state index is 9.89. The van der Waals surface area contributed by atoms with Gasteiger partial charge >= 0.3 is 0 Å². The number of hydrogen-bond acceptors (Lipinski definition) is 3. The molecule has 100 valence electrons. The maximum Gasteiger partial charge on any atom is 0.138 e. The van der Waals surface area contributed by atoms with Gasteiger partial charge in [-0.15, -0.1) is 0 Å². The minimum atomic E-state index is 0.261. The van der Waals surface area contributed by atoms with Crippen LogP contribution in [0.1, 0.15) is 23.9 Å². The van der Waals surface area contributed by atoms with Gasteiger partial charge in [0.1, 0.15) is 11.4 Å². The molecular formula is C16H20N2O. The highest BCUT2D eigenvalue weighted by Crippen LogP contribution is 2.22. The number of pyridine rings is 1. The second kappa shape index (κ2) is 5.74. The van der Waals surface area contributed by atoms with Crippen molar-refractivity contribution < 1.29 is 5.11 Å². The van der Waals surface area contributed by atoms with E-state index in [9.17, 15) is 5.11 Å². The van der Waals surface area contributed by atoms with E-state index in [1.807, 2.05) is 13.0 Å². The van der Waals surface area contributed by atoms with Gasteiger partial charge in [0, 0.05) is 17.9 Å². The summed E-state index contributed by atoms with van der Waals surface area (Å²) in [5.41, 5.74) is 4.04. The lowest BCUT2D eigenvalue weighted by Crippen LogP contribution is -2.22. The van der Waals surface area contributed by atoms with Crippen LogP contribution < -0.4 is 4.90 Å². The van der Waals surface area contributed by atoms with Crippen LogP contribution in [0.5, 0.6) is 5.75 Å². The van der Waals surface area contributed by atoms with Gasteiger partial charge in [0.2, 0.25) is 0 Å². The Morgan fingerprint density at radius 3 is 2.63 bits per heavy atom. The molecule has 0 radical (unpaired) electrons. The summed E-state index contributed by atoms with van der Waals surface area (Å²) >= 11 is 0. The molecule has 0 amide bonds. The lowest BCUT2D eigenvalue weighted by Gasteiger charge is -2.23. The van der Waals surface area contributed by atoms with E-state index in [4.69, 9.17) is 0 Å². The van der Waals surface area contributed by atoms with E-state index < -0.39 is 0 Å². The van der Waals surface area contributed by atoms with Crippen molar-refractivity contribution >= 4 is 5.69 Å². The monoisotopic (exact) mass is 256 g/mol. The summed E-state index contributed by atoms with van der Waals surface area (Å²) < 4.78 is 0. The highest BCUT2D eigenvalue weighted by molar-refractivity contribution is 5.49. The Bertz CT molecular complexity index is 566. The van der Waals surface area contributed by atoms with Gasteiger partial charge in [-0.3, -0.25) is 4.98 Å². The lowest BCUT2D eigenvalue weighted by molar-refractivity contribution is 0.462. The van der Waals surface area contributed by atoms with Crippen LogP contribution in [-0.2, 0) is 6.54 Å². The fourth-order valence-corrected chi connectivity index (χ4v) is 2.11. The Morgan fingerprint density at radius 2 is 1.95 bits per heavy atom. The fraction of sp³-hybridized carbons (Fsp3) is 0.312. The molecule has 0 saturated heterocycles. The molecule has 2 aromatic rings. The molecule has 1 heterocycles. The zero-order valence-corrected chi connectivity index (χ0v) is 11.7. The molecular weight excluding hydrogens is 236 g/mol. The highest BCUT2D eigenvalue weighted by Gasteiger charge is 2.10. The molecule has 0 aliphatic carbocycles. The average Bonchev–Trinajstić information content (AvgIpc) is 2.39. The summed E-state index contributed by atoms with van der Waals surface area (Å²) in [6.07, 6.45) is 0. The molecule has 1 N–H and O–H groups in total. The van der Waals surface area contributed by atoms with Gasteiger partial charge in [-0.2, -0.15) is 0 Å². The van der Waals surface area contributed by atoms with Crippen LogP contribution in [0, 0.1) is 13.8 Å². The quantitative estimate of drug-likeness (QED) is 0.910. The first-order valence-electron chi connectivity index (χ1n) is 6.57. The van der Waals surface area contributed by atoms with Gasteiger partial charge < -0.3 is 10.0 Å². The third-order valence-electron chi connectivity index (χ3n) is 3.18. The molecule has 19 heavy (non-hydrogen) atoms. The molecule has 1 aromatic heterocycles. The topological polar surface area (TPSA) is 36.4 Å².